The summed E-state index contributed by atoms with van der Waals surface area (Å²) in [7, 11) is 1.26. The number of hydrogen-bond acceptors (Lipinski definition) is 5. The number of carbonyl (C=O) groups is 3. The number of ether oxygens (including phenoxy) is 2. The molecule has 0 radical (unpaired) electrons. The van der Waals surface area contributed by atoms with Gasteiger partial charge in [-0.2, -0.15) is 0 Å². The smallest absolute Gasteiger partial charge is 0.408 e. The molecular formula is C21H24N2O5. The van der Waals surface area contributed by atoms with Gasteiger partial charge < -0.3 is 20.1 Å². The predicted molar refractivity (Wildman–Crippen MR) is 103 cm³/mol. The fourth-order valence-corrected chi connectivity index (χ4v) is 2.49. The first-order valence-electron chi connectivity index (χ1n) is 8.89. The van der Waals surface area contributed by atoms with Gasteiger partial charge in [0.1, 0.15) is 18.7 Å². The molecule has 0 bridgehead atoms. The quantitative estimate of drug-likeness (QED) is 0.681. The number of rotatable bonds is 8. The molecule has 0 saturated carbocycles. The minimum atomic E-state index is -0.883. The lowest BCUT2D eigenvalue weighted by atomic mass is 10.1. The van der Waals surface area contributed by atoms with Crippen LogP contribution in [0.15, 0.2) is 60.7 Å². The first-order valence-corrected chi connectivity index (χ1v) is 8.89. The van der Waals surface area contributed by atoms with Crippen molar-refractivity contribution in [3.05, 3.63) is 71.8 Å². The van der Waals surface area contributed by atoms with Crippen LogP contribution in [0.1, 0.15) is 18.1 Å². The van der Waals surface area contributed by atoms with Crippen LogP contribution in [0.5, 0.6) is 0 Å². The van der Waals surface area contributed by atoms with Crippen molar-refractivity contribution in [3.63, 3.8) is 0 Å². The van der Waals surface area contributed by atoms with E-state index >= 15 is 0 Å². The molecule has 2 amide bonds. The van der Waals surface area contributed by atoms with Gasteiger partial charge in [-0.25, -0.2) is 9.59 Å². The van der Waals surface area contributed by atoms with Crippen LogP contribution in [0.2, 0.25) is 0 Å². The monoisotopic (exact) mass is 384 g/mol. The summed E-state index contributed by atoms with van der Waals surface area (Å²) in [6, 6.07) is 16.7. The van der Waals surface area contributed by atoms with Gasteiger partial charge in [-0.05, 0) is 18.1 Å². The minimum absolute atomic E-state index is 0.0970. The molecule has 0 aromatic heterocycles. The highest BCUT2D eigenvalue weighted by atomic mass is 16.5. The third-order valence-corrected chi connectivity index (χ3v) is 4.03. The Morgan fingerprint density at radius 2 is 1.46 bits per heavy atom. The predicted octanol–water partition coefficient (Wildman–Crippen LogP) is 2.20. The highest BCUT2D eigenvalue weighted by Crippen LogP contribution is 2.05. The van der Waals surface area contributed by atoms with Crippen LogP contribution >= 0.6 is 0 Å². The maximum atomic E-state index is 12.4. The Morgan fingerprint density at radius 1 is 0.893 bits per heavy atom. The molecule has 0 fully saturated rings. The van der Waals surface area contributed by atoms with Crippen LogP contribution in [0.25, 0.3) is 0 Å². The number of amides is 2. The van der Waals surface area contributed by atoms with Crippen molar-refractivity contribution >= 4 is 18.0 Å². The van der Waals surface area contributed by atoms with Gasteiger partial charge >= 0.3 is 12.1 Å². The summed E-state index contributed by atoms with van der Waals surface area (Å²) in [6.45, 7) is 1.61. The second kappa shape index (κ2) is 10.7. The molecule has 148 valence electrons. The molecule has 0 saturated heterocycles. The van der Waals surface area contributed by atoms with Crippen molar-refractivity contribution in [2.75, 3.05) is 7.11 Å². The van der Waals surface area contributed by atoms with Crippen molar-refractivity contribution in [1.29, 1.82) is 0 Å². The van der Waals surface area contributed by atoms with Crippen LogP contribution in [0.4, 0.5) is 4.79 Å². The number of carbonyl (C=O) groups excluding carboxylic acids is 3. The third-order valence-electron chi connectivity index (χ3n) is 4.03. The van der Waals surface area contributed by atoms with Crippen LogP contribution in [0, 0.1) is 0 Å². The van der Waals surface area contributed by atoms with E-state index in [4.69, 9.17) is 9.47 Å². The molecular weight excluding hydrogens is 360 g/mol. The van der Waals surface area contributed by atoms with Gasteiger partial charge in [0.25, 0.3) is 0 Å². The van der Waals surface area contributed by atoms with Crippen LogP contribution in [-0.4, -0.2) is 37.2 Å². The second-order valence-corrected chi connectivity index (χ2v) is 6.20. The highest BCUT2D eigenvalue weighted by Gasteiger charge is 2.25. The fraction of sp³-hybridized carbons (Fsp3) is 0.286. The number of hydrogen-bond donors (Lipinski definition) is 2. The van der Waals surface area contributed by atoms with E-state index in [-0.39, 0.29) is 13.0 Å². The lowest BCUT2D eigenvalue weighted by Gasteiger charge is -2.20. The van der Waals surface area contributed by atoms with E-state index in [0.29, 0.717) is 0 Å². The van der Waals surface area contributed by atoms with Gasteiger partial charge in [-0.15, -0.1) is 0 Å². The lowest BCUT2D eigenvalue weighted by Crippen LogP contribution is -2.51. The van der Waals surface area contributed by atoms with E-state index in [1.165, 1.54) is 14.0 Å². The highest BCUT2D eigenvalue weighted by molar-refractivity contribution is 5.89. The molecule has 0 aliphatic carbocycles. The molecule has 2 N–H and O–H groups in total. The normalized spacial score (nSPS) is 12.4. The van der Waals surface area contributed by atoms with E-state index in [0.717, 1.165) is 11.1 Å². The van der Waals surface area contributed by atoms with Gasteiger partial charge in [-0.1, -0.05) is 60.7 Å². The van der Waals surface area contributed by atoms with E-state index in [9.17, 15) is 14.4 Å². The topological polar surface area (TPSA) is 93.7 Å². The molecule has 2 atom stereocenters. The van der Waals surface area contributed by atoms with Crippen molar-refractivity contribution in [1.82, 2.24) is 10.6 Å². The Labute approximate surface area is 164 Å². The second-order valence-electron chi connectivity index (χ2n) is 6.20. The average molecular weight is 384 g/mol. The SMILES string of the molecule is COC(=O)[C@@H](Cc1ccccc1)NC(=O)[C@@H](C)NC(=O)OCc1ccccc1. The lowest BCUT2D eigenvalue weighted by molar-refractivity contribution is -0.145. The molecule has 7 nitrogen and oxygen atoms in total. The van der Waals surface area contributed by atoms with Gasteiger partial charge in [0.05, 0.1) is 7.11 Å². The van der Waals surface area contributed by atoms with E-state index < -0.39 is 30.1 Å². The number of esters is 1. The minimum Gasteiger partial charge on any atom is -0.467 e. The molecule has 0 unspecified atom stereocenters. The van der Waals surface area contributed by atoms with Crippen molar-refractivity contribution in [2.24, 2.45) is 0 Å². The summed E-state index contributed by atoms with van der Waals surface area (Å²) < 4.78 is 9.86. The zero-order valence-corrected chi connectivity index (χ0v) is 15.9. The summed E-state index contributed by atoms with van der Waals surface area (Å²) in [5.41, 5.74) is 1.71. The number of methoxy groups -OCH3 is 1. The van der Waals surface area contributed by atoms with Crippen LogP contribution < -0.4 is 10.6 Å². The van der Waals surface area contributed by atoms with Crippen molar-refractivity contribution in [3.8, 4) is 0 Å². The average Bonchev–Trinajstić information content (AvgIpc) is 2.72. The Hall–Kier alpha value is -3.35. The Balaban J connectivity index is 1.87. The summed E-state index contributed by atoms with van der Waals surface area (Å²) in [5, 5.41) is 5.06. The molecule has 2 rings (SSSR count). The Morgan fingerprint density at radius 3 is 2.04 bits per heavy atom. The Bertz CT molecular complexity index is 780. The molecule has 28 heavy (non-hydrogen) atoms. The first-order chi connectivity index (χ1) is 13.5. The van der Waals surface area contributed by atoms with E-state index in [2.05, 4.69) is 10.6 Å². The third kappa shape index (κ3) is 6.75. The largest absolute Gasteiger partial charge is 0.467 e. The zero-order chi connectivity index (χ0) is 20.4. The molecule has 0 spiro atoms. The van der Waals surface area contributed by atoms with E-state index in [1.807, 2.05) is 60.7 Å². The summed E-state index contributed by atoms with van der Waals surface area (Å²) in [6.07, 6.45) is -0.436. The maximum absolute atomic E-state index is 12.4. The number of nitrogens with one attached hydrogen (secondary N) is 2. The van der Waals surface area contributed by atoms with Gasteiger partial charge in [0.15, 0.2) is 0 Å². The Kier molecular flexibility index (Phi) is 8.02. The van der Waals surface area contributed by atoms with Gasteiger partial charge in [0, 0.05) is 6.42 Å². The van der Waals surface area contributed by atoms with Crippen molar-refractivity contribution in [2.45, 2.75) is 32.0 Å². The zero-order valence-electron chi connectivity index (χ0n) is 15.9. The van der Waals surface area contributed by atoms with Crippen LogP contribution in [-0.2, 0) is 32.1 Å². The van der Waals surface area contributed by atoms with Gasteiger partial charge in [0.2, 0.25) is 5.91 Å². The fourth-order valence-electron chi connectivity index (χ4n) is 2.49. The summed E-state index contributed by atoms with van der Waals surface area (Å²) >= 11 is 0. The molecule has 0 heterocycles. The van der Waals surface area contributed by atoms with Crippen LogP contribution in [0.3, 0.4) is 0 Å². The molecule has 0 aliphatic heterocycles. The number of alkyl carbamates (subject to hydrolysis) is 1. The summed E-state index contributed by atoms with van der Waals surface area (Å²) in [4.78, 5) is 36.3. The molecule has 0 aliphatic rings. The standard InChI is InChI=1S/C21H24N2O5/c1-15(22-21(26)28-14-17-11-7-4-8-12-17)19(24)23-18(20(25)27-2)13-16-9-5-3-6-10-16/h3-12,15,18H,13-14H2,1-2H3,(H,22,26)(H,23,24)/t15-,18-/m1/s1. The van der Waals surface area contributed by atoms with E-state index in [1.54, 1.807) is 0 Å². The molecule has 2 aromatic carbocycles. The maximum Gasteiger partial charge on any atom is 0.408 e. The summed E-state index contributed by atoms with van der Waals surface area (Å²) in [5.74, 6) is -1.07. The van der Waals surface area contributed by atoms with Gasteiger partial charge in [-0.3, -0.25) is 4.79 Å². The number of benzene rings is 2. The molecule has 2 aromatic rings. The molecule has 7 heteroatoms. The first kappa shape index (κ1) is 21.0. The van der Waals surface area contributed by atoms with Crippen molar-refractivity contribution < 1.29 is 23.9 Å².